The molecule has 5 atom stereocenters. The van der Waals surface area contributed by atoms with Gasteiger partial charge < -0.3 is 35.0 Å². The van der Waals surface area contributed by atoms with Crippen molar-refractivity contribution in [1.29, 1.82) is 0 Å². The number of anilines is 1. The van der Waals surface area contributed by atoms with Crippen molar-refractivity contribution < 1.29 is 63.4 Å². The van der Waals surface area contributed by atoms with E-state index in [1.54, 1.807) is 0 Å². The van der Waals surface area contributed by atoms with E-state index in [2.05, 4.69) is 19.5 Å². The third-order valence-electron chi connectivity index (χ3n) is 3.40. The average Bonchev–Trinajstić information content (AvgIpc) is 3.01. The maximum Gasteiger partial charge on any atom is 1.00 e. The summed E-state index contributed by atoms with van der Waals surface area (Å²) >= 11 is 0. The van der Waals surface area contributed by atoms with Crippen LogP contribution in [0.15, 0.2) is 12.7 Å². The first-order valence-electron chi connectivity index (χ1n) is 6.41. The molecular weight excluding hydrogens is 356 g/mol. The van der Waals surface area contributed by atoms with Gasteiger partial charge in [-0.3, -0.25) is 9.13 Å². The number of phosphoric acid groups is 1. The van der Waals surface area contributed by atoms with Crippen LogP contribution >= 0.6 is 7.82 Å². The first kappa shape index (κ1) is 19.7. The van der Waals surface area contributed by atoms with Crippen LogP contribution < -0.4 is 40.2 Å². The summed E-state index contributed by atoms with van der Waals surface area (Å²) in [5.74, 6) is 0.134. The monoisotopic (exact) mass is 369 g/mol. The zero-order valence-electron chi connectivity index (χ0n) is 12.5. The number of hydrogen-bond donors (Lipinski definition) is 4. The van der Waals surface area contributed by atoms with Crippen LogP contribution in [0.4, 0.5) is 5.82 Å². The van der Waals surface area contributed by atoms with Crippen LogP contribution in [0.2, 0.25) is 0 Å². The van der Waals surface area contributed by atoms with Crippen molar-refractivity contribution in [3.8, 4) is 0 Å². The summed E-state index contributed by atoms with van der Waals surface area (Å²) in [6, 6.07) is 0. The first-order chi connectivity index (χ1) is 10.8. The van der Waals surface area contributed by atoms with Gasteiger partial charge in [-0.1, -0.05) is 0 Å². The van der Waals surface area contributed by atoms with Crippen molar-refractivity contribution in [2.24, 2.45) is 0 Å². The largest absolute Gasteiger partial charge is 1.00 e. The molecule has 0 aromatic carbocycles. The first-order valence-corrected chi connectivity index (χ1v) is 7.90. The van der Waals surface area contributed by atoms with Crippen LogP contribution in [-0.4, -0.2) is 59.5 Å². The molecule has 12 nitrogen and oxygen atoms in total. The van der Waals surface area contributed by atoms with Gasteiger partial charge in [0.1, 0.15) is 30.2 Å². The topological polar surface area (TPSA) is 189 Å². The number of fused-ring (bicyclic) bond motifs is 1. The summed E-state index contributed by atoms with van der Waals surface area (Å²) in [7, 11) is -4.97. The Labute approximate surface area is 157 Å². The van der Waals surface area contributed by atoms with Gasteiger partial charge in [-0.25, -0.2) is 15.0 Å². The number of aliphatic hydroxyl groups is 2. The van der Waals surface area contributed by atoms with Crippen molar-refractivity contribution in [2.75, 3.05) is 12.3 Å². The molecule has 0 radical (unpaired) electrons. The minimum Gasteiger partial charge on any atom is -0.756 e. The van der Waals surface area contributed by atoms with Crippen molar-refractivity contribution >= 4 is 24.8 Å². The summed E-state index contributed by atoms with van der Waals surface area (Å²) in [5.41, 5.74) is 6.22. The summed E-state index contributed by atoms with van der Waals surface area (Å²) in [5, 5.41) is 20.0. The van der Waals surface area contributed by atoms with E-state index in [4.69, 9.17) is 15.4 Å². The Morgan fingerprint density at radius 1 is 1.38 bits per heavy atom. The van der Waals surface area contributed by atoms with E-state index in [9.17, 15) is 19.7 Å². The Hall–Kier alpha value is -0.660. The van der Waals surface area contributed by atoms with Crippen LogP contribution in [0, 0.1) is 0 Å². The molecule has 1 aliphatic rings. The van der Waals surface area contributed by atoms with Crippen LogP contribution in [0.1, 0.15) is 6.23 Å². The molecule has 5 N–H and O–H groups in total. The quantitative estimate of drug-likeness (QED) is 0.297. The van der Waals surface area contributed by atoms with Gasteiger partial charge in [-0.05, 0) is 0 Å². The summed E-state index contributed by atoms with van der Waals surface area (Å²) in [4.78, 5) is 31.0. The fourth-order valence-electron chi connectivity index (χ4n) is 2.32. The number of nitrogen functional groups attached to an aromatic ring is 1. The van der Waals surface area contributed by atoms with E-state index < -0.39 is 39.0 Å². The fourth-order valence-corrected chi connectivity index (χ4v) is 2.66. The predicted molar refractivity (Wildman–Crippen MR) is 71.4 cm³/mol. The third kappa shape index (κ3) is 3.78. The summed E-state index contributed by atoms with van der Waals surface area (Å²) < 4.78 is 21.5. The van der Waals surface area contributed by atoms with Gasteiger partial charge >= 0.3 is 29.6 Å². The van der Waals surface area contributed by atoms with E-state index in [1.165, 1.54) is 17.2 Å². The molecule has 1 aliphatic heterocycles. The smallest absolute Gasteiger partial charge is 0.756 e. The van der Waals surface area contributed by atoms with Crippen molar-refractivity contribution in [3.05, 3.63) is 12.7 Å². The number of ether oxygens (including phenoxy) is 1. The zero-order valence-corrected chi connectivity index (χ0v) is 15.4. The molecule has 14 heteroatoms. The second-order valence-corrected chi connectivity index (χ2v) is 6.09. The molecule has 0 saturated carbocycles. The third-order valence-corrected chi connectivity index (χ3v) is 3.88. The van der Waals surface area contributed by atoms with Gasteiger partial charge in [-0.15, -0.1) is 0 Å². The van der Waals surface area contributed by atoms with Crippen LogP contribution in [0.3, 0.4) is 0 Å². The number of nitrogens with two attached hydrogens (primary N) is 1. The van der Waals surface area contributed by atoms with Crippen LogP contribution in [0.5, 0.6) is 0 Å². The number of imidazole rings is 1. The number of aliphatic hydroxyl groups excluding tert-OH is 2. The van der Waals surface area contributed by atoms with E-state index >= 15 is 0 Å². The molecule has 0 aliphatic carbocycles. The molecule has 0 amide bonds. The van der Waals surface area contributed by atoms with Gasteiger partial charge in [-0.2, -0.15) is 0 Å². The molecule has 3 rings (SSSR count). The van der Waals surface area contributed by atoms with Gasteiger partial charge in [0.15, 0.2) is 17.7 Å². The number of hydrogen-bond acceptors (Lipinski definition) is 10. The van der Waals surface area contributed by atoms with E-state index in [0.717, 1.165) is 0 Å². The second kappa shape index (κ2) is 7.30. The van der Waals surface area contributed by atoms with Crippen LogP contribution in [-0.2, 0) is 13.8 Å². The Morgan fingerprint density at radius 3 is 2.75 bits per heavy atom. The van der Waals surface area contributed by atoms with Crippen LogP contribution in [0.25, 0.3) is 11.2 Å². The predicted octanol–water partition coefficient (Wildman–Crippen LogP) is -5.49. The molecule has 24 heavy (non-hydrogen) atoms. The summed E-state index contributed by atoms with van der Waals surface area (Å²) in [6.07, 6.45) is -2.62. The fraction of sp³-hybridized carbons (Fsp3) is 0.500. The number of nitrogens with zero attached hydrogens (tertiary/aromatic N) is 4. The van der Waals surface area contributed by atoms with Gasteiger partial charge in [0.05, 0.1) is 12.9 Å². The van der Waals surface area contributed by atoms with Crippen molar-refractivity contribution in [1.82, 2.24) is 19.5 Å². The van der Waals surface area contributed by atoms with Gasteiger partial charge in [0.2, 0.25) is 0 Å². The SMILES string of the molecule is Nc1ncnc2c1ncn2[C@H]1O[C@@H](COP(=O)([O-])O)[C@H](O)[C@H]1O.[Na+]. The van der Waals surface area contributed by atoms with Gasteiger partial charge in [0, 0.05) is 0 Å². The number of phosphoric ester groups is 1. The van der Waals surface area contributed by atoms with E-state index in [0.29, 0.717) is 0 Å². The minimum absolute atomic E-state index is 0. The molecular formula is C10H13N5NaO7P. The standard InChI is InChI=1S/C10H14N5O7P.Na/c11-8-5-9(13-2-12-8)15(3-14-5)10-7(17)6(16)4(22-10)1-21-23(18,19)20;/h2-4,6-7,10,16-17H,1H2,(H2,11,12,13)(H2,18,19,20);/q;+1/p-1/t4-,6-,7+,10-;/m0./s1. The number of aromatic nitrogens is 4. The normalized spacial score (nSPS) is 29.3. The Kier molecular flexibility index (Phi) is 5.98. The number of rotatable bonds is 4. The maximum absolute atomic E-state index is 10.6. The van der Waals surface area contributed by atoms with Crippen molar-refractivity contribution in [2.45, 2.75) is 24.5 Å². The Morgan fingerprint density at radius 2 is 2.08 bits per heavy atom. The molecule has 1 fully saturated rings. The molecule has 3 heterocycles. The molecule has 0 bridgehead atoms. The molecule has 2 aromatic heterocycles. The average molecular weight is 369 g/mol. The molecule has 126 valence electrons. The molecule has 1 saturated heterocycles. The van der Waals surface area contributed by atoms with E-state index in [1.807, 2.05) is 0 Å². The van der Waals surface area contributed by atoms with Gasteiger partial charge in [0.25, 0.3) is 7.82 Å². The Bertz CT molecular complexity index is 769. The minimum atomic E-state index is -4.97. The zero-order chi connectivity index (χ0) is 16.8. The molecule has 1 unspecified atom stereocenters. The van der Waals surface area contributed by atoms with Crippen molar-refractivity contribution in [3.63, 3.8) is 0 Å². The second-order valence-electron chi connectivity index (χ2n) is 4.89. The molecule has 2 aromatic rings. The van der Waals surface area contributed by atoms with E-state index in [-0.39, 0.29) is 46.5 Å². The maximum atomic E-state index is 10.6. The molecule has 0 spiro atoms. The Balaban J connectivity index is 0.00000208. The summed E-state index contributed by atoms with van der Waals surface area (Å²) in [6.45, 7) is -0.657.